The molecular formula is C32H33N7O3S2. The van der Waals surface area contributed by atoms with E-state index < -0.39 is 5.97 Å². The summed E-state index contributed by atoms with van der Waals surface area (Å²) in [6, 6.07) is 14.4. The molecule has 0 atom stereocenters. The zero-order valence-corrected chi connectivity index (χ0v) is 26.3. The van der Waals surface area contributed by atoms with Crippen molar-refractivity contribution in [3.8, 4) is 5.75 Å². The van der Waals surface area contributed by atoms with Crippen molar-refractivity contribution in [1.29, 1.82) is 0 Å². The minimum atomic E-state index is -1.02. The topological polar surface area (TPSA) is 117 Å². The Morgan fingerprint density at radius 2 is 1.95 bits per heavy atom. The molecule has 0 radical (unpaired) electrons. The van der Waals surface area contributed by atoms with E-state index in [0.29, 0.717) is 36.9 Å². The van der Waals surface area contributed by atoms with Gasteiger partial charge in [0.1, 0.15) is 5.75 Å². The first-order valence-corrected chi connectivity index (χ1v) is 16.5. The highest BCUT2D eigenvalue weighted by Crippen LogP contribution is 2.39. The fourth-order valence-corrected chi connectivity index (χ4v) is 7.88. The van der Waals surface area contributed by atoms with Crippen LogP contribution in [0.2, 0.25) is 0 Å². The highest BCUT2D eigenvalue weighted by molar-refractivity contribution is 7.22. The van der Waals surface area contributed by atoms with Crippen molar-refractivity contribution in [2.24, 2.45) is 0 Å². The van der Waals surface area contributed by atoms with E-state index in [1.807, 2.05) is 36.1 Å². The summed E-state index contributed by atoms with van der Waals surface area (Å²) in [6.07, 6.45) is 4.09. The van der Waals surface area contributed by atoms with Crippen LogP contribution in [0.4, 0.5) is 21.9 Å². The number of ether oxygens (including phenoxy) is 1. The van der Waals surface area contributed by atoms with Gasteiger partial charge in [-0.3, -0.25) is 0 Å². The van der Waals surface area contributed by atoms with E-state index in [9.17, 15) is 9.90 Å². The molecule has 44 heavy (non-hydrogen) atoms. The number of aromatic carboxylic acids is 1. The maximum Gasteiger partial charge on any atom is 0.355 e. The predicted molar refractivity (Wildman–Crippen MR) is 174 cm³/mol. The Bertz CT molecular complexity index is 1820. The number of carboxylic acid groups (broad SMARTS) is 1. The number of carboxylic acids is 1. The van der Waals surface area contributed by atoms with E-state index in [1.165, 1.54) is 22.5 Å². The molecule has 10 nitrogen and oxygen atoms in total. The number of benzene rings is 2. The van der Waals surface area contributed by atoms with E-state index in [0.717, 1.165) is 75.3 Å². The Morgan fingerprint density at radius 3 is 2.82 bits per heavy atom. The summed E-state index contributed by atoms with van der Waals surface area (Å²) in [7, 11) is 2.13. The summed E-state index contributed by atoms with van der Waals surface area (Å²) in [5.74, 6) is 1.26. The van der Waals surface area contributed by atoms with Crippen LogP contribution in [0.1, 0.15) is 50.5 Å². The van der Waals surface area contributed by atoms with Crippen LogP contribution < -0.4 is 15.0 Å². The Balaban J connectivity index is 1.05. The number of hydrogen-bond donors (Lipinski definition) is 2. The van der Waals surface area contributed by atoms with Gasteiger partial charge in [-0.05, 0) is 81.5 Å². The van der Waals surface area contributed by atoms with Crippen LogP contribution >= 0.6 is 22.7 Å². The molecule has 3 aromatic heterocycles. The highest BCUT2D eigenvalue weighted by atomic mass is 32.1. The quantitative estimate of drug-likeness (QED) is 0.178. The van der Waals surface area contributed by atoms with Gasteiger partial charge in [-0.25, -0.2) is 14.8 Å². The van der Waals surface area contributed by atoms with Crippen LogP contribution in [0, 0.1) is 6.92 Å². The number of likely N-dealkylation sites (N-methyl/N-ethyl adjacent to an activating group) is 1. The Kier molecular flexibility index (Phi) is 7.87. The van der Waals surface area contributed by atoms with E-state index in [4.69, 9.17) is 4.74 Å². The summed E-state index contributed by atoms with van der Waals surface area (Å²) in [5, 5.41) is 23.9. The minimum absolute atomic E-state index is 0.104. The monoisotopic (exact) mass is 627 g/mol. The maximum atomic E-state index is 12.2. The predicted octanol–water partition coefficient (Wildman–Crippen LogP) is 6.38. The number of thiazole rings is 2. The second-order valence-corrected chi connectivity index (χ2v) is 13.4. The lowest BCUT2D eigenvalue weighted by Crippen LogP contribution is -2.27. The average molecular weight is 628 g/mol. The number of fused-ring (bicyclic) bond motifs is 3. The molecule has 0 amide bonds. The SMILES string of the molecule is Cc1c(Nc2nc3ccccc3s2)nnc2c1CCCN2c1nc(C(=O)O)c(CCCOc2ccc3c(c2)CN(C)CC3)s1. The lowest BCUT2D eigenvalue weighted by Gasteiger charge is -2.28. The van der Waals surface area contributed by atoms with Gasteiger partial charge < -0.3 is 25.0 Å². The van der Waals surface area contributed by atoms with Crippen molar-refractivity contribution < 1.29 is 14.6 Å². The van der Waals surface area contributed by atoms with Crippen LogP contribution in [-0.2, 0) is 25.8 Å². The number of nitrogens with one attached hydrogen (secondary N) is 1. The third-order valence-electron chi connectivity index (χ3n) is 8.22. The second kappa shape index (κ2) is 12.1. The molecule has 5 aromatic rings. The molecule has 0 bridgehead atoms. The van der Waals surface area contributed by atoms with E-state index >= 15 is 0 Å². The molecule has 0 fully saturated rings. The normalized spacial score (nSPS) is 14.8. The summed E-state index contributed by atoms with van der Waals surface area (Å²) < 4.78 is 7.17. The fourth-order valence-electron chi connectivity index (χ4n) is 5.89. The number of hydrogen-bond acceptors (Lipinski definition) is 11. The van der Waals surface area contributed by atoms with Crippen LogP contribution in [0.5, 0.6) is 5.75 Å². The average Bonchev–Trinajstić information content (AvgIpc) is 3.64. The molecule has 2 aliphatic heterocycles. The number of carbonyl (C=O) groups is 1. The third kappa shape index (κ3) is 5.72. The Hall–Kier alpha value is -4.13. The van der Waals surface area contributed by atoms with Crippen molar-refractivity contribution in [1.82, 2.24) is 25.1 Å². The van der Waals surface area contributed by atoms with E-state index in [1.54, 1.807) is 11.3 Å². The van der Waals surface area contributed by atoms with Crippen molar-refractivity contribution in [2.45, 2.75) is 45.6 Å². The van der Waals surface area contributed by atoms with Gasteiger partial charge in [0, 0.05) is 35.6 Å². The van der Waals surface area contributed by atoms with Crippen LogP contribution in [-0.4, -0.2) is 62.9 Å². The Morgan fingerprint density at radius 1 is 1.07 bits per heavy atom. The second-order valence-electron chi connectivity index (χ2n) is 11.3. The van der Waals surface area contributed by atoms with Gasteiger partial charge in [-0.2, -0.15) is 0 Å². The first kappa shape index (κ1) is 28.6. The fraction of sp³-hybridized carbons (Fsp3) is 0.344. The molecule has 0 unspecified atom stereocenters. The number of nitrogens with zero attached hydrogens (tertiary/aromatic N) is 6. The molecule has 2 aromatic carbocycles. The molecule has 226 valence electrons. The smallest absolute Gasteiger partial charge is 0.355 e. The summed E-state index contributed by atoms with van der Waals surface area (Å²) in [5.41, 5.74) is 5.86. The van der Waals surface area contributed by atoms with Gasteiger partial charge in [0.25, 0.3) is 0 Å². The maximum absolute atomic E-state index is 12.2. The van der Waals surface area contributed by atoms with Crippen molar-refractivity contribution in [3.63, 3.8) is 0 Å². The molecule has 2 aliphatic rings. The van der Waals surface area contributed by atoms with Gasteiger partial charge in [0.15, 0.2) is 27.6 Å². The first-order chi connectivity index (χ1) is 21.4. The largest absolute Gasteiger partial charge is 0.494 e. The number of anilines is 4. The zero-order valence-electron chi connectivity index (χ0n) is 24.7. The number of aromatic nitrogens is 4. The van der Waals surface area contributed by atoms with Gasteiger partial charge in [0.05, 0.1) is 16.8 Å². The van der Waals surface area contributed by atoms with E-state index in [2.05, 4.69) is 55.6 Å². The van der Waals surface area contributed by atoms with Crippen LogP contribution in [0.3, 0.4) is 0 Å². The summed E-state index contributed by atoms with van der Waals surface area (Å²) in [6.45, 7) is 5.26. The third-order valence-corrected chi connectivity index (χ3v) is 10.3. The van der Waals surface area contributed by atoms with Crippen molar-refractivity contribution >= 4 is 60.8 Å². The van der Waals surface area contributed by atoms with Gasteiger partial charge >= 0.3 is 5.97 Å². The molecular weight excluding hydrogens is 595 g/mol. The van der Waals surface area contributed by atoms with Crippen LogP contribution in [0.15, 0.2) is 42.5 Å². The van der Waals surface area contributed by atoms with Crippen molar-refractivity contribution in [2.75, 3.05) is 37.0 Å². The van der Waals surface area contributed by atoms with Gasteiger partial charge in [0.2, 0.25) is 0 Å². The molecule has 7 rings (SSSR count). The van der Waals surface area contributed by atoms with Crippen LogP contribution in [0.25, 0.3) is 10.2 Å². The highest BCUT2D eigenvalue weighted by Gasteiger charge is 2.28. The lowest BCUT2D eigenvalue weighted by molar-refractivity contribution is 0.0690. The van der Waals surface area contributed by atoms with Gasteiger partial charge in [-0.15, -0.1) is 21.5 Å². The summed E-state index contributed by atoms with van der Waals surface area (Å²) >= 11 is 3.00. The number of aryl methyl sites for hydroxylation is 1. The first-order valence-electron chi connectivity index (χ1n) is 14.9. The minimum Gasteiger partial charge on any atom is -0.494 e. The molecule has 5 heterocycles. The molecule has 0 saturated heterocycles. The number of rotatable bonds is 9. The standard InChI is InChI=1S/C32H33N7O3S2/c1-19-23-7-5-14-39(29(23)37-36-28(19)35-31-33-24-8-3-4-9-25(24)43-31)32-34-27(30(40)41)26(44-32)10-6-16-42-22-12-11-20-13-15-38(2)18-21(20)17-22/h3-4,8-9,11-12,17H,5-7,10,13-16,18H2,1-2H3,(H,40,41)(H,33,35,36). The summed E-state index contributed by atoms with van der Waals surface area (Å²) in [4.78, 5) is 26.5. The Labute approximate surface area is 263 Å². The molecule has 0 spiro atoms. The van der Waals surface area contributed by atoms with E-state index in [-0.39, 0.29) is 5.69 Å². The van der Waals surface area contributed by atoms with Crippen molar-refractivity contribution in [3.05, 3.63) is 75.3 Å². The molecule has 0 saturated carbocycles. The lowest BCUT2D eigenvalue weighted by atomic mass is 10.00. The molecule has 12 heteroatoms. The molecule has 0 aliphatic carbocycles. The van der Waals surface area contributed by atoms with Gasteiger partial charge in [-0.1, -0.05) is 29.5 Å². The molecule has 2 N–H and O–H groups in total. The zero-order chi connectivity index (χ0) is 30.2. The number of para-hydroxylation sites is 1.